The SMILES string of the molecule is O=C(O)/C=C1\C2CN3CN(C2)CC1(C1CCCC1)C3. The molecule has 19 heavy (non-hydrogen) atoms. The van der Waals surface area contributed by atoms with Crippen LogP contribution in [0.4, 0.5) is 0 Å². The molecule has 0 radical (unpaired) electrons. The highest BCUT2D eigenvalue weighted by atomic mass is 16.4. The lowest BCUT2D eigenvalue weighted by Crippen LogP contribution is -2.69. The predicted octanol–water partition coefficient (Wildman–Crippen LogP) is 1.39. The minimum atomic E-state index is -0.746. The molecular formula is C15H22N2O2. The third-order valence-electron chi connectivity index (χ3n) is 5.80. The largest absolute Gasteiger partial charge is 0.478 e. The Kier molecular flexibility index (Phi) is 2.55. The molecule has 4 aliphatic heterocycles. The highest BCUT2D eigenvalue weighted by Gasteiger charge is 2.56. The maximum atomic E-state index is 11.2. The average Bonchev–Trinajstić information content (AvgIpc) is 2.87. The lowest BCUT2D eigenvalue weighted by atomic mass is 9.59. The van der Waals surface area contributed by atoms with E-state index in [1.165, 1.54) is 31.3 Å². The van der Waals surface area contributed by atoms with Crippen molar-refractivity contribution in [3.05, 3.63) is 11.6 Å². The number of carboxylic acid groups (broad SMARTS) is 1. The van der Waals surface area contributed by atoms with Crippen molar-refractivity contribution in [3.63, 3.8) is 0 Å². The van der Waals surface area contributed by atoms with E-state index in [-0.39, 0.29) is 5.41 Å². The van der Waals surface area contributed by atoms with E-state index < -0.39 is 5.97 Å². The average molecular weight is 262 g/mol. The van der Waals surface area contributed by atoms with Crippen molar-refractivity contribution in [1.29, 1.82) is 0 Å². The maximum absolute atomic E-state index is 11.2. The summed E-state index contributed by atoms with van der Waals surface area (Å²) in [5, 5.41) is 9.25. The van der Waals surface area contributed by atoms with Crippen LogP contribution in [0.15, 0.2) is 11.6 Å². The van der Waals surface area contributed by atoms with E-state index in [4.69, 9.17) is 0 Å². The normalized spacial score (nSPS) is 47.2. The third kappa shape index (κ3) is 1.69. The molecule has 0 aromatic rings. The molecule has 4 nitrogen and oxygen atoms in total. The fourth-order valence-corrected chi connectivity index (χ4v) is 5.31. The number of nitrogens with zero attached hydrogens (tertiary/aromatic N) is 2. The molecule has 1 aliphatic carbocycles. The Labute approximate surface area is 114 Å². The first-order valence-corrected chi connectivity index (χ1v) is 7.57. The van der Waals surface area contributed by atoms with E-state index in [1.807, 2.05) is 0 Å². The van der Waals surface area contributed by atoms with Gasteiger partial charge in [-0.25, -0.2) is 4.79 Å². The van der Waals surface area contributed by atoms with E-state index in [2.05, 4.69) is 9.80 Å². The summed E-state index contributed by atoms with van der Waals surface area (Å²) in [6, 6.07) is 0. The van der Waals surface area contributed by atoms with Gasteiger partial charge in [-0.1, -0.05) is 12.8 Å². The van der Waals surface area contributed by atoms with E-state index in [0.717, 1.165) is 32.8 Å². The van der Waals surface area contributed by atoms with Crippen LogP contribution in [0, 0.1) is 17.3 Å². The maximum Gasteiger partial charge on any atom is 0.328 e. The van der Waals surface area contributed by atoms with Crippen LogP contribution < -0.4 is 0 Å². The molecule has 5 rings (SSSR count). The van der Waals surface area contributed by atoms with Crippen LogP contribution in [0.3, 0.4) is 0 Å². The molecule has 5 fully saturated rings. The van der Waals surface area contributed by atoms with Crippen LogP contribution in [0.25, 0.3) is 0 Å². The van der Waals surface area contributed by atoms with Crippen LogP contribution in [0.2, 0.25) is 0 Å². The Morgan fingerprint density at radius 2 is 1.84 bits per heavy atom. The van der Waals surface area contributed by atoms with Crippen molar-refractivity contribution in [3.8, 4) is 0 Å². The van der Waals surface area contributed by atoms with Gasteiger partial charge in [0.15, 0.2) is 0 Å². The third-order valence-corrected chi connectivity index (χ3v) is 5.80. The Morgan fingerprint density at radius 1 is 1.21 bits per heavy atom. The smallest absolute Gasteiger partial charge is 0.328 e. The molecule has 2 unspecified atom stereocenters. The summed E-state index contributed by atoms with van der Waals surface area (Å²) in [5.41, 5.74) is 1.44. The van der Waals surface area contributed by atoms with Crippen molar-refractivity contribution >= 4 is 5.97 Å². The lowest BCUT2D eigenvalue weighted by molar-refractivity contribution is -0.132. The zero-order valence-corrected chi connectivity index (χ0v) is 11.3. The Morgan fingerprint density at radius 3 is 2.42 bits per heavy atom. The van der Waals surface area contributed by atoms with Gasteiger partial charge in [0.25, 0.3) is 0 Å². The highest BCUT2D eigenvalue weighted by molar-refractivity contribution is 5.81. The standard InChI is InChI=1S/C15H22N2O2/c18-14(19)5-13-11-6-16-8-15(13,9-17(7-11)10-16)12-3-1-2-4-12/h5,11-12H,1-4,6-10H2,(H,18,19)/b13-5+. The number of hydrogen-bond acceptors (Lipinski definition) is 3. The predicted molar refractivity (Wildman–Crippen MR) is 71.6 cm³/mol. The zero-order chi connectivity index (χ0) is 13.0. The van der Waals surface area contributed by atoms with Crippen LogP contribution in [0.5, 0.6) is 0 Å². The molecule has 0 aromatic carbocycles. The number of carboxylic acids is 1. The monoisotopic (exact) mass is 262 g/mol. The van der Waals surface area contributed by atoms with Gasteiger partial charge in [-0.3, -0.25) is 9.80 Å². The quantitative estimate of drug-likeness (QED) is 0.764. The topological polar surface area (TPSA) is 43.8 Å². The highest BCUT2D eigenvalue weighted by Crippen LogP contribution is 2.54. The molecule has 1 N–H and O–H groups in total. The summed E-state index contributed by atoms with van der Waals surface area (Å²) in [7, 11) is 0. The Balaban J connectivity index is 1.77. The minimum absolute atomic E-state index is 0.161. The van der Waals surface area contributed by atoms with Gasteiger partial charge in [-0.05, 0) is 24.3 Å². The van der Waals surface area contributed by atoms with Crippen molar-refractivity contribution in [2.75, 3.05) is 32.8 Å². The zero-order valence-electron chi connectivity index (χ0n) is 11.3. The molecule has 0 spiro atoms. The summed E-state index contributed by atoms with van der Waals surface area (Å²) in [4.78, 5) is 16.3. The van der Waals surface area contributed by atoms with Crippen molar-refractivity contribution in [2.45, 2.75) is 25.7 Å². The molecule has 5 aliphatic rings. The number of aliphatic carboxylic acids is 1. The van der Waals surface area contributed by atoms with E-state index in [9.17, 15) is 9.90 Å². The molecule has 1 saturated carbocycles. The number of piperidine rings is 2. The molecule has 4 saturated heterocycles. The van der Waals surface area contributed by atoms with Gasteiger partial charge in [-0.15, -0.1) is 0 Å². The summed E-state index contributed by atoms with van der Waals surface area (Å²) in [6.45, 7) is 5.45. The van der Waals surface area contributed by atoms with E-state index in [1.54, 1.807) is 6.08 Å². The molecule has 2 atom stereocenters. The summed E-state index contributed by atoms with van der Waals surface area (Å²) in [6.07, 6.45) is 6.83. The summed E-state index contributed by atoms with van der Waals surface area (Å²) in [5.74, 6) is 0.435. The van der Waals surface area contributed by atoms with Gasteiger partial charge in [0.1, 0.15) is 0 Å². The second kappa shape index (κ2) is 4.06. The summed E-state index contributed by atoms with van der Waals surface area (Å²) >= 11 is 0. The van der Waals surface area contributed by atoms with Crippen molar-refractivity contribution in [1.82, 2.24) is 9.80 Å². The van der Waals surface area contributed by atoms with Crippen LogP contribution >= 0.6 is 0 Å². The van der Waals surface area contributed by atoms with Gasteiger partial charge in [-0.2, -0.15) is 0 Å². The molecule has 0 aromatic heterocycles. The fraction of sp³-hybridized carbons (Fsp3) is 0.800. The van der Waals surface area contributed by atoms with E-state index >= 15 is 0 Å². The minimum Gasteiger partial charge on any atom is -0.478 e. The molecular weight excluding hydrogens is 240 g/mol. The van der Waals surface area contributed by atoms with Crippen LogP contribution in [-0.4, -0.2) is 53.7 Å². The van der Waals surface area contributed by atoms with Crippen molar-refractivity contribution in [2.24, 2.45) is 17.3 Å². The first-order valence-electron chi connectivity index (χ1n) is 7.57. The van der Waals surface area contributed by atoms with Gasteiger partial charge in [0.05, 0.1) is 6.67 Å². The molecule has 104 valence electrons. The van der Waals surface area contributed by atoms with Gasteiger partial charge < -0.3 is 5.11 Å². The Bertz CT molecular complexity index is 425. The van der Waals surface area contributed by atoms with Crippen LogP contribution in [0.1, 0.15) is 25.7 Å². The van der Waals surface area contributed by atoms with Crippen molar-refractivity contribution < 1.29 is 9.90 Å². The molecule has 4 heteroatoms. The summed E-state index contributed by atoms with van der Waals surface area (Å²) < 4.78 is 0. The van der Waals surface area contributed by atoms with Gasteiger partial charge in [0, 0.05) is 43.6 Å². The van der Waals surface area contributed by atoms with Gasteiger partial charge in [0.2, 0.25) is 0 Å². The number of rotatable bonds is 2. The molecule has 0 amide bonds. The van der Waals surface area contributed by atoms with Crippen LogP contribution in [-0.2, 0) is 4.79 Å². The molecule has 4 heterocycles. The van der Waals surface area contributed by atoms with Gasteiger partial charge >= 0.3 is 5.97 Å². The number of hydrogen-bond donors (Lipinski definition) is 1. The Hall–Kier alpha value is -0.870. The molecule has 4 bridgehead atoms. The first-order chi connectivity index (χ1) is 9.17. The lowest BCUT2D eigenvalue weighted by Gasteiger charge is -2.63. The second-order valence-electron chi connectivity index (χ2n) is 6.94. The second-order valence-corrected chi connectivity index (χ2v) is 6.94. The fourth-order valence-electron chi connectivity index (χ4n) is 5.31. The first kappa shape index (κ1) is 11.9. The van der Waals surface area contributed by atoms with E-state index in [0.29, 0.717) is 11.8 Å². The number of carbonyl (C=O) groups is 1.